The highest BCUT2D eigenvalue weighted by Crippen LogP contribution is 2.39. The van der Waals surface area contributed by atoms with Gasteiger partial charge in [0, 0.05) is 35.2 Å². The van der Waals surface area contributed by atoms with E-state index in [1.807, 2.05) is 60.7 Å². The summed E-state index contributed by atoms with van der Waals surface area (Å²) in [5.74, 6) is -4.54. The van der Waals surface area contributed by atoms with Crippen LogP contribution in [0.1, 0.15) is 145 Å². The molecule has 1 aliphatic rings. The minimum Gasteiger partial charge on any atom is -0.485 e. The maximum Gasteiger partial charge on any atom is 0.413 e. The molecule has 0 spiro atoms. The summed E-state index contributed by atoms with van der Waals surface area (Å²) in [5, 5.41) is 36.7. The number of rotatable bonds is 21. The summed E-state index contributed by atoms with van der Waals surface area (Å²) in [6.07, 6.45) is 1.91. The molecule has 86 heavy (non-hydrogen) atoms. The summed E-state index contributed by atoms with van der Waals surface area (Å²) in [7, 11) is -2.32. The van der Waals surface area contributed by atoms with Crippen LogP contribution in [0.25, 0.3) is 21.6 Å². The third-order valence-corrected chi connectivity index (χ3v) is 18.4. The van der Waals surface area contributed by atoms with Crippen molar-refractivity contribution in [3.05, 3.63) is 68.7 Å². The number of alkyl carbamates (subject to hydrolysis) is 1. The molecule has 472 valence electrons. The monoisotopic (exact) mass is 1260 g/mol. The number of carbonyl (C=O) groups excluding carboxylic acids is 5. The Morgan fingerprint density at radius 1 is 0.791 bits per heavy atom. The van der Waals surface area contributed by atoms with Gasteiger partial charge in [0.25, 0.3) is 11.4 Å². The number of thiazole rings is 2. The Labute approximate surface area is 509 Å². The predicted molar refractivity (Wildman–Crippen MR) is 323 cm³/mol. The van der Waals surface area contributed by atoms with E-state index < -0.39 is 96.2 Å². The van der Waals surface area contributed by atoms with Crippen molar-refractivity contribution in [2.45, 2.75) is 201 Å². The lowest BCUT2D eigenvalue weighted by atomic mass is 9.89. The molecule has 30 heteroatoms. The number of benzene rings is 1. The van der Waals surface area contributed by atoms with Crippen molar-refractivity contribution in [3.8, 4) is 16.9 Å². The summed E-state index contributed by atoms with van der Waals surface area (Å²) in [6, 6.07) is 5.72. The Morgan fingerprint density at radius 3 is 1.86 bits per heavy atom. The number of ether oxygens (including phenoxy) is 5. The third-order valence-electron chi connectivity index (χ3n) is 12.3. The average molecular weight is 1260 g/mol. The summed E-state index contributed by atoms with van der Waals surface area (Å²) in [4.78, 5) is 101. The van der Waals surface area contributed by atoms with Crippen LogP contribution in [-0.4, -0.2) is 134 Å². The van der Waals surface area contributed by atoms with Gasteiger partial charge < -0.3 is 48.5 Å². The number of amides is 3. The summed E-state index contributed by atoms with van der Waals surface area (Å²) in [5.41, 5.74) is 5.62. The Hall–Kier alpha value is -7.66. The Morgan fingerprint density at radius 2 is 1.34 bits per heavy atom. The SMILES string of the molecule is CC(C)(C)OC(=O)NCC(Cn1cc(-c2ccc3c(c2)CCC(C(C)(O/N=C(\C(=O)O)c2csc(NC(=O)OC(C)(C)C)n2)C(=O)OC(C)(C)C)O3)c[n+]1CCCN=[N+]=[N-])O[Si](C)(C)C(C)(C)C.CC(C)(C)OC(=O)Nc1nc(C(=O)C(=O)O)cs1. The average Bonchev–Trinajstić information content (AvgIpc) is 1.33. The maximum absolute atomic E-state index is 14.0. The van der Waals surface area contributed by atoms with Crippen LogP contribution in [0.2, 0.25) is 18.1 Å². The van der Waals surface area contributed by atoms with Gasteiger partial charge in [0.05, 0.1) is 17.9 Å². The Kier molecular flexibility index (Phi) is 23.6. The quantitative estimate of drug-likeness (QED) is 0.00421. The van der Waals surface area contributed by atoms with Crippen molar-refractivity contribution < 1.29 is 81.4 Å². The molecule has 3 amide bonds. The smallest absolute Gasteiger partial charge is 0.413 e. The number of aromatic nitrogens is 4. The normalized spacial score (nSPS) is 14.9. The first kappa shape index (κ1) is 70.8. The van der Waals surface area contributed by atoms with Gasteiger partial charge in [-0.05, 0) is 150 Å². The molecule has 3 aromatic heterocycles. The van der Waals surface area contributed by atoms with Crippen molar-refractivity contribution in [1.82, 2.24) is 20.0 Å². The van der Waals surface area contributed by atoms with Gasteiger partial charge in [-0.2, -0.15) is 4.68 Å². The number of hydrogen-bond donors (Lipinski definition) is 5. The van der Waals surface area contributed by atoms with Crippen LogP contribution < -0.4 is 25.4 Å². The van der Waals surface area contributed by atoms with Gasteiger partial charge in [-0.1, -0.05) is 37.1 Å². The zero-order valence-electron chi connectivity index (χ0n) is 52.2. The largest absolute Gasteiger partial charge is 0.485 e. The minimum absolute atomic E-state index is 0.0637. The van der Waals surface area contributed by atoms with E-state index >= 15 is 0 Å². The number of hydrogen-bond acceptors (Lipinski definition) is 20. The number of oxime groups is 1. The van der Waals surface area contributed by atoms with E-state index in [1.54, 1.807) is 62.3 Å². The number of azide groups is 1. The number of fused-ring (bicyclic) bond motifs is 1. The lowest BCUT2D eigenvalue weighted by molar-refractivity contribution is -0.775. The number of carboxylic acids is 2. The third kappa shape index (κ3) is 22.3. The molecule has 3 atom stereocenters. The number of anilines is 2. The molecule has 0 radical (unpaired) electrons. The first-order chi connectivity index (χ1) is 39.5. The standard InChI is InChI=1S/C46H69N9O11SSi.C10H12N2O5S/c1-42(2,3)62-38(58)46(13,66-52-36(37(56)57)33-28-67-39(50-33)51-41(60)64-44(7,8)9)35-20-18-30-23-29(17-19-34(30)61-35)31-25-54(22-16-21-49-53-47)55(26-31)27-32(65-68(14,15)45(10,11)12)24-48-40(59)63-43(4,5)6;1-10(2,3)17-9(16)12-8-11-5(4-18-8)6(13)7(14)15/h17,19,23,25-26,28,32,35H,16,18,20-22,24,27H2,1-15H3,(H2-,48,50,51,56,57,59,60);4H,1-3H3,(H,14,15)(H,11,12,16)/p+1/b52-36-;. The van der Waals surface area contributed by atoms with Crippen molar-refractivity contribution in [2.24, 2.45) is 10.3 Å². The first-order valence-corrected chi connectivity index (χ1v) is 32.1. The molecule has 5 rings (SSSR count). The number of esters is 1. The number of carbonyl (C=O) groups is 7. The topological polar surface area (TPSA) is 356 Å². The zero-order chi connectivity index (χ0) is 65.0. The van der Waals surface area contributed by atoms with Gasteiger partial charge in [-0.15, -0.1) is 27.4 Å². The number of Topliss-reactive ketones (excluding diaryl/α,β-unsaturated/α-hetero) is 1. The number of nitrogens with zero attached hydrogens (tertiary/aromatic N) is 8. The molecular formula is C56H82N11O16S2Si+. The molecule has 27 nitrogen and oxygen atoms in total. The van der Waals surface area contributed by atoms with E-state index in [4.69, 9.17) is 43.6 Å². The molecule has 1 aliphatic heterocycles. The molecule has 0 saturated carbocycles. The van der Waals surface area contributed by atoms with Gasteiger partial charge in [0.15, 0.2) is 31.2 Å². The van der Waals surface area contributed by atoms with E-state index in [0.29, 0.717) is 38.2 Å². The molecule has 4 aromatic rings. The molecule has 5 N–H and O–H groups in total. The Balaban J connectivity index is 0.000000749. The van der Waals surface area contributed by atoms with Gasteiger partial charge >= 0.3 is 36.2 Å². The second kappa shape index (κ2) is 28.7. The highest BCUT2D eigenvalue weighted by Gasteiger charge is 2.51. The molecule has 0 fully saturated rings. The molecule has 0 bridgehead atoms. The fraction of sp³-hybridized carbons (Fsp3) is 0.589. The number of aliphatic carboxylic acids is 2. The molecular weight excluding hydrogens is 1170 g/mol. The fourth-order valence-corrected chi connectivity index (χ4v) is 10.2. The summed E-state index contributed by atoms with van der Waals surface area (Å²) < 4.78 is 39.0. The van der Waals surface area contributed by atoms with Crippen molar-refractivity contribution in [1.29, 1.82) is 0 Å². The van der Waals surface area contributed by atoms with Crippen molar-refractivity contribution in [2.75, 3.05) is 23.7 Å². The number of nitrogens with one attached hydrogen (secondary N) is 3. The number of aryl methyl sites for hydroxylation is 2. The van der Waals surface area contributed by atoms with E-state index in [2.05, 4.69) is 75.0 Å². The predicted octanol–water partition coefficient (Wildman–Crippen LogP) is 10.9. The van der Waals surface area contributed by atoms with Crippen LogP contribution in [0.5, 0.6) is 5.75 Å². The molecule has 4 heterocycles. The fourth-order valence-electron chi connectivity index (χ4n) is 7.47. The summed E-state index contributed by atoms with van der Waals surface area (Å²) in [6.45, 7) is 34.4. The minimum atomic E-state index is -2.32. The van der Waals surface area contributed by atoms with Gasteiger partial charge in [-0.3, -0.25) is 15.4 Å². The van der Waals surface area contributed by atoms with Crippen LogP contribution in [-0.2, 0) is 62.1 Å². The first-order valence-electron chi connectivity index (χ1n) is 27.5. The second-order valence-electron chi connectivity index (χ2n) is 25.6. The molecule has 1 aromatic carbocycles. The maximum atomic E-state index is 14.0. The Bertz CT molecular complexity index is 3170. The highest BCUT2D eigenvalue weighted by atomic mass is 32.1. The van der Waals surface area contributed by atoms with E-state index in [-0.39, 0.29) is 39.7 Å². The lowest BCUT2D eigenvalue weighted by Gasteiger charge is -2.39. The molecule has 3 unspecified atom stereocenters. The van der Waals surface area contributed by atoms with E-state index in [0.717, 1.165) is 39.4 Å². The van der Waals surface area contributed by atoms with Crippen LogP contribution in [0.15, 0.2) is 51.6 Å². The van der Waals surface area contributed by atoms with Gasteiger partial charge in [0.2, 0.25) is 11.9 Å². The summed E-state index contributed by atoms with van der Waals surface area (Å²) >= 11 is 1.90. The lowest BCUT2D eigenvalue weighted by Crippen LogP contribution is -2.54. The highest BCUT2D eigenvalue weighted by molar-refractivity contribution is 7.14. The number of ketones is 1. The van der Waals surface area contributed by atoms with Crippen LogP contribution in [0, 0.1) is 0 Å². The van der Waals surface area contributed by atoms with Gasteiger partial charge in [0.1, 0.15) is 46.1 Å². The molecule has 0 saturated heterocycles. The second-order valence-corrected chi connectivity index (χ2v) is 32.0. The zero-order valence-corrected chi connectivity index (χ0v) is 54.8. The van der Waals surface area contributed by atoms with E-state index in [9.17, 15) is 38.7 Å². The molecule has 0 aliphatic carbocycles. The van der Waals surface area contributed by atoms with E-state index in [1.165, 1.54) is 17.7 Å². The van der Waals surface area contributed by atoms with Crippen LogP contribution >= 0.6 is 22.7 Å². The van der Waals surface area contributed by atoms with Gasteiger partial charge in [-0.25, -0.2) is 38.7 Å². The van der Waals surface area contributed by atoms with Crippen molar-refractivity contribution in [3.63, 3.8) is 0 Å². The van der Waals surface area contributed by atoms with Crippen LogP contribution in [0.3, 0.4) is 0 Å². The van der Waals surface area contributed by atoms with Crippen molar-refractivity contribution >= 4 is 88.9 Å². The van der Waals surface area contributed by atoms with Crippen LogP contribution in [0.4, 0.5) is 24.6 Å². The number of carboxylic acid groups (broad SMARTS) is 2.